The molecule has 0 saturated carbocycles. The Morgan fingerprint density at radius 1 is 1.41 bits per heavy atom. The van der Waals surface area contributed by atoms with Crippen molar-refractivity contribution in [1.29, 1.82) is 0 Å². The summed E-state index contributed by atoms with van der Waals surface area (Å²) in [6, 6.07) is 0. The van der Waals surface area contributed by atoms with Gasteiger partial charge in [0.05, 0.1) is 5.92 Å². The maximum absolute atomic E-state index is 12.2. The van der Waals surface area contributed by atoms with Gasteiger partial charge >= 0.3 is 0 Å². The fraction of sp³-hybridized carbons (Fsp3) is 0.917. The Kier molecular flexibility index (Phi) is 6.67. The Morgan fingerprint density at radius 2 is 2.18 bits per heavy atom. The number of halogens is 1. The van der Waals surface area contributed by atoms with Crippen molar-refractivity contribution in [3.05, 3.63) is 0 Å². The molecule has 2 saturated heterocycles. The van der Waals surface area contributed by atoms with Crippen LogP contribution in [0.4, 0.5) is 0 Å². The standard InChI is InChI=1S/C12H22N2OS.ClH/c1-2-16-11-5-3-4-6-14(9-11)12(15)10-7-13-8-10;/h10-11,13H,2-9H2,1H3;1H. The molecule has 0 aromatic heterocycles. The van der Waals surface area contributed by atoms with Crippen molar-refractivity contribution in [3.63, 3.8) is 0 Å². The van der Waals surface area contributed by atoms with E-state index in [0.717, 1.165) is 31.9 Å². The molecule has 1 atom stereocenters. The molecule has 0 aromatic rings. The molecule has 0 radical (unpaired) electrons. The first kappa shape index (κ1) is 15.1. The van der Waals surface area contributed by atoms with Gasteiger partial charge in [0, 0.05) is 31.4 Å². The molecule has 5 heteroatoms. The van der Waals surface area contributed by atoms with Crippen LogP contribution in [0.5, 0.6) is 0 Å². The molecule has 2 fully saturated rings. The van der Waals surface area contributed by atoms with Crippen LogP contribution in [0.3, 0.4) is 0 Å². The number of rotatable bonds is 3. The highest BCUT2D eigenvalue weighted by Gasteiger charge is 2.31. The van der Waals surface area contributed by atoms with Gasteiger partial charge in [-0.1, -0.05) is 13.3 Å². The summed E-state index contributed by atoms with van der Waals surface area (Å²) in [5.41, 5.74) is 0. The normalized spacial score (nSPS) is 25.7. The summed E-state index contributed by atoms with van der Waals surface area (Å²) < 4.78 is 0. The van der Waals surface area contributed by atoms with Crippen LogP contribution < -0.4 is 5.32 Å². The average Bonchev–Trinajstić information content (AvgIpc) is 2.41. The van der Waals surface area contributed by atoms with Gasteiger partial charge in [0.1, 0.15) is 0 Å². The van der Waals surface area contributed by atoms with E-state index < -0.39 is 0 Å². The fourth-order valence-corrected chi connectivity index (χ4v) is 3.49. The van der Waals surface area contributed by atoms with E-state index in [-0.39, 0.29) is 18.3 Å². The Hall–Kier alpha value is 0.0700. The van der Waals surface area contributed by atoms with Crippen LogP contribution in [0.25, 0.3) is 0 Å². The minimum absolute atomic E-state index is 0. The molecule has 3 nitrogen and oxygen atoms in total. The summed E-state index contributed by atoms with van der Waals surface area (Å²) in [4.78, 5) is 14.3. The number of nitrogens with zero attached hydrogens (tertiary/aromatic N) is 1. The zero-order chi connectivity index (χ0) is 11.4. The maximum atomic E-state index is 12.2. The lowest BCUT2D eigenvalue weighted by Crippen LogP contribution is -2.52. The molecule has 1 N–H and O–H groups in total. The second-order valence-electron chi connectivity index (χ2n) is 4.71. The van der Waals surface area contributed by atoms with E-state index in [9.17, 15) is 4.79 Å². The van der Waals surface area contributed by atoms with Crippen molar-refractivity contribution in [3.8, 4) is 0 Å². The van der Waals surface area contributed by atoms with E-state index in [1.165, 1.54) is 19.3 Å². The summed E-state index contributed by atoms with van der Waals surface area (Å²) in [5, 5.41) is 3.85. The molecule has 2 aliphatic heterocycles. The van der Waals surface area contributed by atoms with E-state index in [0.29, 0.717) is 11.2 Å². The third kappa shape index (κ3) is 4.04. The van der Waals surface area contributed by atoms with Crippen molar-refractivity contribution >= 4 is 30.1 Å². The molecule has 2 heterocycles. The van der Waals surface area contributed by atoms with Crippen LogP contribution in [0.1, 0.15) is 26.2 Å². The molecule has 1 unspecified atom stereocenters. The summed E-state index contributed by atoms with van der Waals surface area (Å²) in [7, 11) is 0. The van der Waals surface area contributed by atoms with Gasteiger partial charge in [0.2, 0.25) is 5.91 Å². The molecule has 0 spiro atoms. The zero-order valence-corrected chi connectivity index (χ0v) is 12.1. The monoisotopic (exact) mass is 278 g/mol. The van der Waals surface area contributed by atoms with Crippen LogP contribution >= 0.6 is 24.2 Å². The first-order valence-corrected chi connectivity index (χ1v) is 7.47. The van der Waals surface area contributed by atoms with E-state index in [1.54, 1.807) is 0 Å². The van der Waals surface area contributed by atoms with E-state index >= 15 is 0 Å². The molecule has 100 valence electrons. The van der Waals surface area contributed by atoms with Crippen LogP contribution in [-0.4, -0.2) is 48.0 Å². The maximum Gasteiger partial charge on any atom is 0.228 e. The second-order valence-corrected chi connectivity index (χ2v) is 6.29. The van der Waals surface area contributed by atoms with Gasteiger partial charge in [-0.25, -0.2) is 0 Å². The van der Waals surface area contributed by atoms with Gasteiger partial charge in [-0.3, -0.25) is 4.79 Å². The molecule has 2 aliphatic rings. The van der Waals surface area contributed by atoms with Gasteiger partial charge in [-0.15, -0.1) is 12.4 Å². The Bertz CT molecular complexity index is 249. The van der Waals surface area contributed by atoms with E-state index in [4.69, 9.17) is 0 Å². The highest BCUT2D eigenvalue weighted by atomic mass is 35.5. The van der Waals surface area contributed by atoms with Gasteiger partial charge in [-0.2, -0.15) is 11.8 Å². The first-order chi connectivity index (χ1) is 7.81. The van der Waals surface area contributed by atoms with Gasteiger partial charge in [0.25, 0.3) is 0 Å². The highest BCUT2D eigenvalue weighted by molar-refractivity contribution is 7.99. The number of hydrogen-bond donors (Lipinski definition) is 1. The van der Waals surface area contributed by atoms with Crippen molar-refractivity contribution in [2.75, 3.05) is 31.9 Å². The van der Waals surface area contributed by atoms with Gasteiger partial charge in [0.15, 0.2) is 0 Å². The van der Waals surface area contributed by atoms with Gasteiger partial charge < -0.3 is 10.2 Å². The fourth-order valence-electron chi connectivity index (χ4n) is 2.40. The van der Waals surface area contributed by atoms with E-state index in [1.807, 2.05) is 11.8 Å². The Labute approximate surface area is 114 Å². The van der Waals surface area contributed by atoms with Gasteiger partial charge in [-0.05, 0) is 18.6 Å². The summed E-state index contributed by atoms with van der Waals surface area (Å²) >= 11 is 2.01. The van der Waals surface area contributed by atoms with Crippen LogP contribution in [-0.2, 0) is 4.79 Å². The summed E-state index contributed by atoms with van der Waals surface area (Å²) in [6.07, 6.45) is 3.75. The second kappa shape index (κ2) is 7.49. The number of carbonyl (C=O) groups excluding carboxylic acids is 1. The lowest BCUT2D eigenvalue weighted by molar-refractivity contribution is -0.136. The number of likely N-dealkylation sites (tertiary alicyclic amines) is 1. The molecule has 0 aromatic carbocycles. The third-order valence-electron chi connectivity index (χ3n) is 3.47. The van der Waals surface area contributed by atoms with Crippen molar-refractivity contribution < 1.29 is 4.79 Å². The topological polar surface area (TPSA) is 32.3 Å². The molecule has 2 rings (SSSR count). The molecule has 1 amide bonds. The Balaban J connectivity index is 0.00000144. The SMILES string of the molecule is CCSC1CCCCN(C(=O)C2CNC2)C1.Cl. The number of thioether (sulfide) groups is 1. The molecular formula is C12H23ClN2OS. The predicted octanol–water partition coefficient (Wildman–Crippen LogP) is 1.76. The molecule has 0 aliphatic carbocycles. The summed E-state index contributed by atoms with van der Waals surface area (Å²) in [6.45, 7) is 5.95. The van der Waals surface area contributed by atoms with Crippen LogP contribution in [0.15, 0.2) is 0 Å². The lowest BCUT2D eigenvalue weighted by atomic mass is 10.0. The summed E-state index contributed by atoms with van der Waals surface area (Å²) in [5.74, 6) is 1.82. The molecule has 17 heavy (non-hydrogen) atoms. The predicted molar refractivity (Wildman–Crippen MR) is 76.0 cm³/mol. The minimum atomic E-state index is 0. The third-order valence-corrected chi connectivity index (χ3v) is 4.66. The number of hydrogen-bond acceptors (Lipinski definition) is 3. The smallest absolute Gasteiger partial charge is 0.228 e. The van der Waals surface area contributed by atoms with Crippen molar-refractivity contribution in [2.24, 2.45) is 5.92 Å². The van der Waals surface area contributed by atoms with Crippen molar-refractivity contribution in [1.82, 2.24) is 10.2 Å². The van der Waals surface area contributed by atoms with Crippen LogP contribution in [0.2, 0.25) is 0 Å². The van der Waals surface area contributed by atoms with Crippen LogP contribution in [0, 0.1) is 5.92 Å². The molecule has 0 bridgehead atoms. The Morgan fingerprint density at radius 3 is 2.76 bits per heavy atom. The first-order valence-electron chi connectivity index (χ1n) is 6.42. The zero-order valence-electron chi connectivity index (χ0n) is 10.5. The largest absolute Gasteiger partial charge is 0.341 e. The molecular weight excluding hydrogens is 256 g/mol. The minimum Gasteiger partial charge on any atom is -0.341 e. The number of carbonyl (C=O) groups is 1. The average molecular weight is 279 g/mol. The number of nitrogens with one attached hydrogen (secondary N) is 1. The van der Waals surface area contributed by atoms with E-state index in [2.05, 4.69) is 17.1 Å². The van der Waals surface area contributed by atoms with Crippen molar-refractivity contribution in [2.45, 2.75) is 31.4 Å². The quantitative estimate of drug-likeness (QED) is 0.854. The number of amides is 1. The highest BCUT2D eigenvalue weighted by Crippen LogP contribution is 2.23. The lowest BCUT2D eigenvalue weighted by Gasteiger charge is -2.33.